The highest BCUT2D eigenvalue weighted by molar-refractivity contribution is 6.02. The number of hydrogen-bond acceptors (Lipinski definition) is 12. The van der Waals surface area contributed by atoms with Crippen LogP contribution in [0.1, 0.15) is 69.5 Å². The first-order valence-corrected chi connectivity index (χ1v) is 18.4. The average Bonchev–Trinajstić information content (AvgIpc) is 3.46. The van der Waals surface area contributed by atoms with Crippen molar-refractivity contribution >= 4 is 53.0 Å². The number of esters is 1. The second kappa shape index (κ2) is 17.6. The van der Waals surface area contributed by atoms with Gasteiger partial charge in [0.05, 0.1) is 24.4 Å². The van der Waals surface area contributed by atoms with Crippen LogP contribution in [-0.4, -0.2) is 117 Å². The van der Waals surface area contributed by atoms with Gasteiger partial charge in [0, 0.05) is 80.5 Å². The number of likely N-dealkylation sites (N-methyl/N-ethyl adjacent to an activating group) is 1. The summed E-state index contributed by atoms with van der Waals surface area (Å²) in [5, 5.41) is 37.7. The van der Waals surface area contributed by atoms with Crippen LogP contribution >= 0.6 is 0 Å². The lowest BCUT2D eigenvalue weighted by Gasteiger charge is -2.37. The molecule has 1 spiro atoms. The normalized spacial score (nSPS) is 14.6. The molecule has 0 aliphatic carbocycles. The van der Waals surface area contributed by atoms with Crippen molar-refractivity contribution in [2.24, 2.45) is 0 Å². The number of hydrogen-bond donors (Lipinski definition) is 7. The van der Waals surface area contributed by atoms with Crippen molar-refractivity contribution in [3.63, 3.8) is 0 Å². The van der Waals surface area contributed by atoms with E-state index in [1.807, 2.05) is 74.4 Å². The lowest BCUT2D eigenvalue weighted by atomic mass is 9.77. The summed E-state index contributed by atoms with van der Waals surface area (Å²) in [6, 6.07) is 11.7. The van der Waals surface area contributed by atoms with Gasteiger partial charge < -0.3 is 55.9 Å². The number of carboxylic acids is 3. The van der Waals surface area contributed by atoms with E-state index in [-0.39, 0.29) is 36.9 Å². The van der Waals surface area contributed by atoms with Crippen molar-refractivity contribution < 1.29 is 58.4 Å². The number of aliphatic carboxylic acids is 3. The van der Waals surface area contributed by atoms with Crippen LogP contribution in [-0.2, 0) is 34.3 Å². The van der Waals surface area contributed by atoms with Crippen LogP contribution in [0.4, 0.5) is 11.4 Å². The number of unbranched alkanes of at least 4 members (excludes halogenated alkanes) is 1. The van der Waals surface area contributed by atoms with E-state index in [0.717, 1.165) is 11.4 Å². The standard InChI is InChI=1S/C40H46N6O12/c1-41-29(19-33(47)48)36(52)44-30(20-34(49)50)37(53)43-28(38(54)55)8-6-7-15-42-35(51)21-9-12-25-24(16-21)39(56)58-40(25)26-13-10-22(45(2)3)17-31(26)57-32-18-23(46(4)5)11-14-27(32)40/h9-14,16-18,28-30,41H,6-8,15,19-20H2,1-5H3,(H,42,51)(H,43,53)(H,44,52)(H,47,48)(H,49,50)(H,54,55)/t28?,29-,30-/m0/s1. The molecule has 7 N–H and O–H groups in total. The second-order valence-electron chi connectivity index (χ2n) is 14.3. The first kappa shape index (κ1) is 42.5. The SMILES string of the molecule is CN[C@@H](CC(=O)O)C(=O)N[C@@H](CC(=O)O)C(=O)NC(CCCCNC(=O)c1ccc2c(c1)C(=O)OC21c2ccc(N(C)C)cc2Oc2cc(N(C)C)ccc21)C(=O)O. The van der Waals surface area contributed by atoms with Crippen LogP contribution in [0, 0.1) is 0 Å². The lowest BCUT2D eigenvalue weighted by Crippen LogP contribution is -2.55. The molecule has 0 saturated carbocycles. The Morgan fingerprint density at radius 3 is 1.78 bits per heavy atom. The number of carbonyl (C=O) groups excluding carboxylic acids is 4. The minimum absolute atomic E-state index is 0.103. The Labute approximate surface area is 333 Å². The predicted molar refractivity (Wildman–Crippen MR) is 208 cm³/mol. The fourth-order valence-corrected chi connectivity index (χ4v) is 6.87. The van der Waals surface area contributed by atoms with Crippen molar-refractivity contribution in [2.45, 2.75) is 55.8 Å². The van der Waals surface area contributed by atoms with E-state index in [9.17, 15) is 43.8 Å². The Morgan fingerprint density at radius 2 is 1.24 bits per heavy atom. The smallest absolute Gasteiger partial charge is 0.340 e. The fourth-order valence-electron chi connectivity index (χ4n) is 6.87. The first-order valence-electron chi connectivity index (χ1n) is 18.4. The molecule has 3 amide bonds. The number of rotatable bonds is 18. The molecule has 2 heterocycles. The largest absolute Gasteiger partial charge is 0.481 e. The first-order chi connectivity index (χ1) is 27.5. The molecule has 308 valence electrons. The molecule has 58 heavy (non-hydrogen) atoms. The molecule has 18 heteroatoms. The highest BCUT2D eigenvalue weighted by atomic mass is 16.6. The Bertz CT molecular complexity index is 2080. The Hall–Kier alpha value is -6.69. The third kappa shape index (κ3) is 8.96. The van der Waals surface area contributed by atoms with Crippen LogP contribution in [0.15, 0.2) is 54.6 Å². The molecular weight excluding hydrogens is 756 g/mol. The predicted octanol–water partition coefficient (Wildman–Crippen LogP) is 1.88. The van der Waals surface area contributed by atoms with Crippen LogP contribution in [0.3, 0.4) is 0 Å². The number of carboxylic acid groups (broad SMARTS) is 3. The zero-order valence-corrected chi connectivity index (χ0v) is 32.6. The monoisotopic (exact) mass is 802 g/mol. The molecule has 0 bridgehead atoms. The molecule has 2 aliphatic rings. The van der Waals surface area contributed by atoms with Gasteiger partial charge in [0.1, 0.15) is 23.6 Å². The van der Waals surface area contributed by atoms with Crippen molar-refractivity contribution in [2.75, 3.05) is 51.6 Å². The van der Waals surface area contributed by atoms with Gasteiger partial charge >= 0.3 is 23.9 Å². The Balaban J connectivity index is 1.25. The summed E-state index contributed by atoms with van der Waals surface area (Å²) in [4.78, 5) is 90.7. The van der Waals surface area contributed by atoms with Crippen LogP contribution < -0.4 is 35.8 Å². The minimum Gasteiger partial charge on any atom is -0.481 e. The molecule has 3 aromatic rings. The maximum Gasteiger partial charge on any atom is 0.340 e. The van der Waals surface area contributed by atoms with Gasteiger partial charge in [-0.2, -0.15) is 0 Å². The van der Waals surface area contributed by atoms with E-state index >= 15 is 0 Å². The van der Waals surface area contributed by atoms with Crippen LogP contribution in [0.25, 0.3) is 0 Å². The number of fused-ring (bicyclic) bond motifs is 6. The molecule has 0 aromatic heterocycles. The summed E-state index contributed by atoms with van der Waals surface area (Å²) in [5.74, 6) is -6.29. The topological polar surface area (TPSA) is 253 Å². The Morgan fingerprint density at radius 1 is 0.707 bits per heavy atom. The van der Waals surface area contributed by atoms with Gasteiger partial charge in [0.15, 0.2) is 5.60 Å². The molecule has 2 aliphatic heterocycles. The highest BCUT2D eigenvalue weighted by Crippen LogP contribution is 2.57. The van der Waals surface area contributed by atoms with Crippen molar-refractivity contribution in [1.82, 2.24) is 21.3 Å². The summed E-state index contributed by atoms with van der Waals surface area (Å²) in [7, 11) is 8.94. The number of ether oxygens (including phenoxy) is 2. The molecule has 3 aromatic carbocycles. The van der Waals surface area contributed by atoms with Gasteiger partial charge in [0.25, 0.3) is 5.91 Å². The van der Waals surface area contributed by atoms with E-state index in [0.29, 0.717) is 28.2 Å². The van der Waals surface area contributed by atoms with Gasteiger partial charge in [-0.25, -0.2) is 9.59 Å². The quantitative estimate of drug-likeness (QED) is 0.0716. The third-order valence-corrected chi connectivity index (χ3v) is 9.94. The summed E-state index contributed by atoms with van der Waals surface area (Å²) in [5.41, 5.74) is 2.62. The van der Waals surface area contributed by atoms with E-state index in [1.165, 1.54) is 13.1 Å². The number of amides is 3. The Kier molecular flexibility index (Phi) is 12.9. The van der Waals surface area contributed by atoms with Gasteiger partial charge in [-0.15, -0.1) is 0 Å². The number of anilines is 2. The van der Waals surface area contributed by atoms with Crippen LogP contribution in [0.2, 0.25) is 0 Å². The average molecular weight is 803 g/mol. The molecular formula is C40H46N6O12. The number of benzene rings is 3. The molecule has 0 fully saturated rings. The maximum atomic E-state index is 13.6. The summed E-state index contributed by atoms with van der Waals surface area (Å²) >= 11 is 0. The maximum absolute atomic E-state index is 13.6. The fraction of sp³-hybridized carbons (Fsp3) is 0.375. The van der Waals surface area contributed by atoms with E-state index in [4.69, 9.17) is 14.6 Å². The molecule has 18 nitrogen and oxygen atoms in total. The molecule has 0 radical (unpaired) electrons. The van der Waals surface area contributed by atoms with Gasteiger partial charge in [-0.3, -0.25) is 24.0 Å². The van der Waals surface area contributed by atoms with E-state index < -0.39 is 78.2 Å². The van der Waals surface area contributed by atoms with Crippen molar-refractivity contribution in [3.05, 3.63) is 82.4 Å². The van der Waals surface area contributed by atoms with Crippen LogP contribution in [0.5, 0.6) is 11.5 Å². The van der Waals surface area contributed by atoms with Crippen molar-refractivity contribution in [3.8, 4) is 11.5 Å². The highest BCUT2D eigenvalue weighted by Gasteiger charge is 2.54. The molecule has 0 saturated heterocycles. The second-order valence-corrected chi connectivity index (χ2v) is 14.3. The molecule has 5 rings (SSSR count). The van der Waals surface area contributed by atoms with Crippen molar-refractivity contribution in [1.29, 1.82) is 0 Å². The van der Waals surface area contributed by atoms with Gasteiger partial charge in [-0.05, 0) is 62.7 Å². The number of nitrogens with one attached hydrogen (secondary N) is 4. The lowest BCUT2D eigenvalue weighted by molar-refractivity contribution is -0.144. The minimum atomic E-state index is -1.68. The van der Waals surface area contributed by atoms with Gasteiger partial charge in [-0.1, -0.05) is 6.07 Å². The molecule has 1 unspecified atom stereocenters. The van der Waals surface area contributed by atoms with E-state index in [2.05, 4.69) is 21.3 Å². The van der Waals surface area contributed by atoms with Gasteiger partial charge in [0.2, 0.25) is 11.8 Å². The number of nitrogens with zero attached hydrogens (tertiary/aromatic N) is 2. The summed E-state index contributed by atoms with van der Waals surface area (Å²) in [6.45, 7) is 0.109. The number of carbonyl (C=O) groups is 7. The zero-order valence-electron chi connectivity index (χ0n) is 32.6. The van der Waals surface area contributed by atoms with E-state index in [1.54, 1.807) is 12.1 Å². The zero-order chi connectivity index (χ0) is 42.5. The molecule has 3 atom stereocenters. The summed E-state index contributed by atoms with van der Waals surface area (Å²) in [6.07, 6.45) is -1.14. The third-order valence-electron chi connectivity index (χ3n) is 9.94. The summed E-state index contributed by atoms with van der Waals surface area (Å²) < 4.78 is 12.7.